The molecule has 0 atom stereocenters. The van der Waals surface area contributed by atoms with Gasteiger partial charge in [0.1, 0.15) is 0 Å². The van der Waals surface area contributed by atoms with E-state index in [1.54, 1.807) is 63.2 Å². The molecule has 0 aliphatic heterocycles. The Morgan fingerprint density at radius 2 is 1.75 bits per heavy atom. The Morgan fingerprint density at radius 3 is 2.50 bits per heavy atom. The molecule has 36 heavy (non-hydrogen) atoms. The average molecular weight is 506 g/mol. The molecule has 9 heteroatoms. The van der Waals surface area contributed by atoms with Crippen molar-refractivity contribution < 1.29 is 22.7 Å². The van der Waals surface area contributed by atoms with E-state index in [0.29, 0.717) is 17.8 Å². The van der Waals surface area contributed by atoms with Gasteiger partial charge in [-0.2, -0.15) is 0 Å². The van der Waals surface area contributed by atoms with Gasteiger partial charge in [0.25, 0.3) is 15.9 Å². The van der Waals surface area contributed by atoms with E-state index in [1.165, 1.54) is 6.07 Å². The van der Waals surface area contributed by atoms with Crippen LogP contribution in [0.25, 0.3) is 10.9 Å². The van der Waals surface area contributed by atoms with Crippen molar-refractivity contribution in [3.63, 3.8) is 0 Å². The molecule has 1 heterocycles. The summed E-state index contributed by atoms with van der Waals surface area (Å²) >= 11 is 0. The van der Waals surface area contributed by atoms with Crippen LogP contribution in [0.3, 0.4) is 0 Å². The highest BCUT2D eigenvalue weighted by atomic mass is 32.2. The number of rotatable bonds is 7. The summed E-state index contributed by atoms with van der Waals surface area (Å²) in [5.74, 6) is -0.694. The molecule has 8 nitrogen and oxygen atoms in total. The minimum Gasteiger partial charge on any atom is -0.447 e. The second-order valence-corrected chi connectivity index (χ2v) is 10.3. The molecule has 0 fully saturated rings. The number of nitrogens with one attached hydrogen (secondary N) is 2. The minimum absolute atomic E-state index is 0.0692. The predicted molar refractivity (Wildman–Crippen MR) is 139 cm³/mol. The maximum atomic E-state index is 12.7. The molecule has 186 valence electrons. The van der Waals surface area contributed by atoms with Crippen LogP contribution in [0.5, 0.6) is 0 Å². The number of carbonyl (C=O) groups excluding carboxylic acids is 2. The van der Waals surface area contributed by atoms with Gasteiger partial charge in [-0.05, 0) is 74.4 Å². The highest BCUT2D eigenvalue weighted by Crippen LogP contribution is 2.21. The lowest BCUT2D eigenvalue weighted by molar-refractivity contribution is 0.0981. The van der Waals surface area contributed by atoms with Crippen LogP contribution in [0.2, 0.25) is 0 Å². The number of amides is 2. The largest absolute Gasteiger partial charge is 0.447 e. The molecule has 4 aromatic rings. The van der Waals surface area contributed by atoms with Crippen LogP contribution in [0.1, 0.15) is 35.3 Å². The summed E-state index contributed by atoms with van der Waals surface area (Å²) in [4.78, 5) is 24.7. The van der Waals surface area contributed by atoms with Gasteiger partial charge in [0.2, 0.25) is 0 Å². The topological polar surface area (TPSA) is 107 Å². The number of aromatic nitrogens is 1. The first-order valence-electron chi connectivity index (χ1n) is 11.4. The van der Waals surface area contributed by atoms with E-state index >= 15 is 0 Å². The first-order chi connectivity index (χ1) is 17.1. The van der Waals surface area contributed by atoms with E-state index in [0.717, 1.165) is 16.5 Å². The molecule has 0 spiro atoms. The van der Waals surface area contributed by atoms with Gasteiger partial charge >= 0.3 is 6.09 Å². The van der Waals surface area contributed by atoms with E-state index in [9.17, 15) is 18.0 Å². The van der Waals surface area contributed by atoms with Crippen molar-refractivity contribution in [2.24, 2.45) is 0 Å². The number of ether oxygens (including phenoxy) is 1. The summed E-state index contributed by atoms with van der Waals surface area (Å²) in [6, 6.07) is 20.9. The summed E-state index contributed by atoms with van der Waals surface area (Å²) in [6.07, 6.45) is 1.17. The quantitative estimate of drug-likeness (QED) is 0.365. The van der Waals surface area contributed by atoms with Gasteiger partial charge in [-0.15, -0.1) is 0 Å². The lowest BCUT2D eigenvalue weighted by Gasteiger charge is -2.11. The van der Waals surface area contributed by atoms with Crippen molar-refractivity contribution in [1.29, 1.82) is 0 Å². The van der Waals surface area contributed by atoms with Crippen LogP contribution in [0, 0.1) is 6.92 Å². The lowest BCUT2D eigenvalue weighted by Crippen LogP contribution is -2.31. The number of hydrogen-bond acceptors (Lipinski definition) is 5. The van der Waals surface area contributed by atoms with Crippen LogP contribution in [-0.2, 0) is 21.3 Å². The second-order valence-electron chi connectivity index (χ2n) is 8.70. The fourth-order valence-corrected chi connectivity index (χ4v) is 5.10. The van der Waals surface area contributed by atoms with Crippen LogP contribution < -0.4 is 10.0 Å². The number of nitrogens with zero attached hydrogens (tertiary/aromatic N) is 1. The lowest BCUT2D eigenvalue weighted by atomic mass is 10.1. The van der Waals surface area contributed by atoms with E-state index in [4.69, 9.17) is 4.74 Å². The van der Waals surface area contributed by atoms with E-state index in [2.05, 4.69) is 10.0 Å². The fourth-order valence-electron chi connectivity index (χ4n) is 3.88. The normalized spacial score (nSPS) is 11.4. The fraction of sp³-hybridized carbons (Fsp3) is 0.185. The third kappa shape index (κ3) is 5.75. The highest BCUT2D eigenvalue weighted by Gasteiger charge is 2.20. The Bertz CT molecular complexity index is 1540. The SMILES string of the molecule is Cc1ccccc1S(=O)(=O)NC(=O)c1ccc2c(ccn2Cc2cccc(NC(=O)OC(C)C)c2)c1. The highest BCUT2D eigenvalue weighted by molar-refractivity contribution is 7.90. The molecular weight excluding hydrogens is 478 g/mol. The monoisotopic (exact) mass is 505 g/mol. The van der Waals surface area contributed by atoms with Crippen molar-refractivity contribution in [2.45, 2.75) is 38.3 Å². The molecule has 0 bridgehead atoms. The molecule has 2 amide bonds. The number of carbonyl (C=O) groups is 2. The van der Waals surface area contributed by atoms with Crippen molar-refractivity contribution in [2.75, 3.05) is 5.32 Å². The maximum absolute atomic E-state index is 12.7. The van der Waals surface area contributed by atoms with Crippen LogP contribution in [0.15, 0.2) is 83.9 Å². The molecule has 3 aromatic carbocycles. The summed E-state index contributed by atoms with van der Waals surface area (Å²) in [5.41, 5.74) is 3.27. The first kappa shape index (κ1) is 25.0. The smallest absolute Gasteiger partial charge is 0.411 e. The van der Waals surface area contributed by atoms with Crippen molar-refractivity contribution in [3.05, 3.63) is 95.7 Å². The molecule has 0 radical (unpaired) electrons. The Morgan fingerprint density at radius 1 is 0.972 bits per heavy atom. The van der Waals surface area contributed by atoms with Gasteiger partial charge in [0.05, 0.1) is 11.0 Å². The summed E-state index contributed by atoms with van der Waals surface area (Å²) in [5, 5.41) is 3.52. The Hall–Kier alpha value is -4.11. The van der Waals surface area contributed by atoms with Gasteiger partial charge in [0.15, 0.2) is 0 Å². The Kier molecular flexibility index (Phi) is 7.12. The number of fused-ring (bicyclic) bond motifs is 1. The van der Waals surface area contributed by atoms with Crippen molar-refractivity contribution >= 4 is 38.6 Å². The minimum atomic E-state index is -3.99. The number of anilines is 1. The molecule has 0 aliphatic carbocycles. The third-order valence-corrected chi connectivity index (χ3v) is 7.00. The Labute approximate surface area is 209 Å². The molecule has 4 rings (SSSR count). The average Bonchev–Trinajstić information content (AvgIpc) is 3.20. The van der Waals surface area contributed by atoms with Gasteiger partial charge in [-0.3, -0.25) is 10.1 Å². The van der Waals surface area contributed by atoms with E-state index < -0.39 is 22.0 Å². The summed E-state index contributed by atoms with van der Waals surface area (Å²) in [7, 11) is -3.99. The number of sulfonamides is 1. The number of benzene rings is 3. The Balaban J connectivity index is 1.50. The van der Waals surface area contributed by atoms with Gasteiger partial charge in [-0.25, -0.2) is 17.9 Å². The summed E-state index contributed by atoms with van der Waals surface area (Å²) in [6.45, 7) is 5.78. The van der Waals surface area contributed by atoms with Gasteiger partial charge in [-0.1, -0.05) is 30.3 Å². The van der Waals surface area contributed by atoms with Crippen LogP contribution >= 0.6 is 0 Å². The van der Waals surface area contributed by atoms with Crippen molar-refractivity contribution in [3.8, 4) is 0 Å². The molecule has 1 aromatic heterocycles. The van der Waals surface area contributed by atoms with E-state index in [1.807, 2.05) is 35.0 Å². The first-order valence-corrected chi connectivity index (χ1v) is 12.9. The zero-order chi connectivity index (χ0) is 25.9. The molecule has 0 saturated heterocycles. The van der Waals surface area contributed by atoms with Crippen molar-refractivity contribution in [1.82, 2.24) is 9.29 Å². The second kappa shape index (κ2) is 10.2. The zero-order valence-corrected chi connectivity index (χ0v) is 21.0. The van der Waals surface area contributed by atoms with Crippen LogP contribution in [0.4, 0.5) is 10.5 Å². The molecule has 0 saturated carbocycles. The molecule has 2 N–H and O–H groups in total. The molecule has 0 unspecified atom stereocenters. The standard InChI is InChI=1S/C27H27N3O5S/c1-18(2)35-27(32)28-23-9-6-8-20(15-23)17-30-14-13-21-16-22(11-12-24(21)30)26(31)29-36(33,34)25-10-5-4-7-19(25)3/h4-16,18H,17H2,1-3H3,(H,28,32)(H,29,31). The molecule has 0 aliphatic rings. The summed E-state index contributed by atoms with van der Waals surface area (Å²) < 4.78 is 34.7. The maximum Gasteiger partial charge on any atom is 0.411 e. The van der Waals surface area contributed by atoms with E-state index in [-0.39, 0.29) is 16.6 Å². The predicted octanol–water partition coefficient (Wildman–Crippen LogP) is 5.07. The number of hydrogen-bond donors (Lipinski definition) is 2. The van der Waals surface area contributed by atoms with Gasteiger partial charge in [0, 0.05) is 34.9 Å². The number of aryl methyl sites for hydroxylation is 1. The van der Waals surface area contributed by atoms with Gasteiger partial charge < -0.3 is 9.30 Å². The van der Waals surface area contributed by atoms with Crippen LogP contribution in [-0.4, -0.2) is 31.1 Å². The zero-order valence-electron chi connectivity index (χ0n) is 20.2. The third-order valence-electron chi connectivity index (χ3n) is 5.51. The molecular formula is C27H27N3O5S.